The number of anilines is 1. The van der Waals surface area contributed by atoms with Crippen molar-refractivity contribution in [2.75, 3.05) is 5.32 Å². The zero-order valence-electron chi connectivity index (χ0n) is 9.46. The second-order valence-electron chi connectivity index (χ2n) is 3.65. The summed E-state index contributed by atoms with van der Waals surface area (Å²) in [6, 6.07) is 3.80. The molecule has 0 fully saturated rings. The van der Waals surface area contributed by atoms with Gasteiger partial charge >= 0.3 is 0 Å². The molecule has 0 aromatic carbocycles. The zero-order chi connectivity index (χ0) is 12.5. The standard InChI is InChI=1S/C10H9BrN6O/c1-6-13-8(18-16-6)5-12-10-14-9-7(11)3-2-4-17(9)15-10/h2-4H,5H2,1H3,(H,12,15). The van der Waals surface area contributed by atoms with Crippen LogP contribution in [0, 0.1) is 6.92 Å². The van der Waals surface area contributed by atoms with Crippen molar-refractivity contribution in [3.63, 3.8) is 0 Å². The first-order valence-corrected chi connectivity index (χ1v) is 6.05. The van der Waals surface area contributed by atoms with E-state index in [4.69, 9.17) is 4.52 Å². The Bertz CT molecular complexity index is 691. The van der Waals surface area contributed by atoms with E-state index in [0.29, 0.717) is 24.2 Å². The van der Waals surface area contributed by atoms with Gasteiger partial charge < -0.3 is 9.84 Å². The van der Waals surface area contributed by atoms with Gasteiger partial charge in [-0.1, -0.05) is 5.16 Å². The molecular formula is C10H9BrN6O. The van der Waals surface area contributed by atoms with E-state index in [1.54, 1.807) is 11.4 Å². The van der Waals surface area contributed by atoms with Gasteiger partial charge in [-0.2, -0.15) is 9.97 Å². The number of nitrogens with zero attached hydrogens (tertiary/aromatic N) is 5. The molecule has 3 aromatic rings. The Morgan fingerprint density at radius 1 is 1.44 bits per heavy atom. The molecule has 3 rings (SSSR count). The van der Waals surface area contributed by atoms with Crippen LogP contribution in [0.3, 0.4) is 0 Å². The Hall–Kier alpha value is -1.96. The largest absolute Gasteiger partial charge is 0.344 e. The lowest BCUT2D eigenvalue weighted by atomic mass is 10.5. The van der Waals surface area contributed by atoms with Crippen LogP contribution in [0.15, 0.2) is 27.3 Å². The molecule has 0 aliphatic carbocycles. The van der Waals surface area contributed by atoms with E-state index in [2.05, 4.69) is 41.5 Å². The summed E-state index contributed by atoms with van der Waals surface area (Å²) in [5, 5.41) is 11.0. The molecule has 0 amide bonds. The first-order chi connectivity index (χ1) is 8.72. The summed E-state index contributed by atoms with van der Waals surface area (Å²) >= 11 is 3.42. The molecule has 92 valence electrons. The minimum atomic E-state index is 0.398. The Morgan fingerprint density at radius 3 is 3.06 bits per heavy atom. The first-order valence-electron chi connectivity index (χ1n) is 5.26. The first kappa shape index (κ1) is 11.1. The highest BCUT2D eigenvalue weighted by Gasteiger charge is 2.07. The van der Waals surface area contributed by atoms with E-state index in [0.717, 1.165) is 10.1 Å². The van der Waals surface area contributed by atoms with Crippen molar-refractivity contribution in [1.82, 2.24) is 24.7 Å². The molecule has 0 bridgehead atoms. The van der Waals surface area contributed by atoms with Crippen molar-refractivity contribution in [3.8, 4) is 0 Å². The van der Waals surface area contributed by atoms with Gasteiger partial charge in [-0.15, -0.1) is 5.10 Å². The molecule has 0 radical (unpaired) electrons. The average molecular weight is 309 g/mol. The van der Waals surface area contributed by atoms with Crippen molar-refractivity contribution in [1.29, 1.82) is 0 Å². The van der Waals surface area contributed by atoms with Crippen molar-refractivity contribution < 1.29 is 4.52 Å². The van der Waals surface area contributed by atoms with E-state index in [1.807, 2.05) is 18.3 Å². The van der Waals surface area contributed by atoms with Crippen LogP contribution in [-0.2, 0) is 6.54 Å². The van der Waals surface area contributed by atoms with Crippen LogP contribution in [0.25, 0.3) is 5.65 Å². The van der Waals surface area contributed by atoms with E-state index < -0.39 is 0 Å². The summed E-state index contributed by atoms with van der Waals surface area (Å²) in [7, 11) is 0. The summed E-state index contributed by atoms with van der Waals surface area (Å²) in [4.78, 5) is 8.42. The lowest BCUT2D eigenvalue weighted by Gasteiger charge is -1.94. The number of halogens is 1. The molecule has 3 heterocycles. The molecule has 8 heteroatoms. The van der Waals surface area contributed by atoms with Crippen LogP contribution in [0.5, 0.6) is 0 Å². The van der Waals surface area contributed by atoms with Crippen molar-refractivity contribution in [2.45, 2.75) is 13.5 Å². The van der Waals surface area contributed by atoms with Crippen LogP contribution in [0.1, 0.15) is 11.7 Å². The van der Waals surface area contributed by atoms with Gasteiger partial charge in [0.15, 0.2) is 11.5 Å². The molecule has 0 atom stereocenters. The molecule has 0 spiro atoms. The lowest BCUT2D eigenvalue weighted by molar-refractivity contribution is 0.379. The molecule has 0 saturated heterocycles. The Kier molecular flexibility index (Phi) is 2.71. The molecule has 0 aliphatic rings. The maximum absolute atomic E-state index is 4.99. The number of hydrogen-bond acceptors (Lipinski definition) is 6. The molecule has 3 aromatic heterocycles. The molecule has 0 aliphatic heterocycles. The zero-order valence-corrected chi connectivity index (χ0v) is 11.0. The second kappa shape index (κ2) is 4.37. The number of hydrogen-bond donors (Lipinski definition) is 1. The van der Waals surface area contributed by atoms with E-state index in [9.17, 15) is 0 Å². The van der Waals surface area contributed by atoms with Crippen LogP contribution >= 0.6 is 15.9 Å². The second-order valence-corrected chi connectivity index (χ2v) is 4.50. The van der Waals surface area contributed by atoms with Crippen molar-refractivity contribution in [2.24, 2.45) is 0 Å². The SMILES string of the molecule is Cc1noc(CNc2nc3c(Br)cccn3n2)n1. The van der Waals surface area contributed by atoms with Gasteiger partial charge in [-0.3, -0.25) is 0 Å². The van der Waals surface area contributed by atoms with Crippen molar-refractivity contribution in [3.05, 3.63) is 34.5 Å². The van der Waals surface area contributed by atoms with E-state index >= 15 is 0 Å². The predicted molar refractivity (Wildman–Crippen MR) is 67.0 cm³/mol. The number of aromatic nitrogens is 5. The third-order valence-electron chi connectivity index (χ3n) is 2.28. The maximum atomic E-state index is 4.99. The molecule has 0 unspecified atom stereocenters. The van der Waals surface area contributed by atoms with Gasteiger partial charge in [0.25, 0.3) is 0 Å². The van der Waals surface area contributed by atoms with Gasteiger partial charge in [0, 0.05) is 6.20 Å². The highest BCUT2D eigenvalue weighted by Crippen LogP contribution is 2.16. The van der Waals surface area contributed by atoms with E-state index in [1.165, 1.54) is 0 Å². The third-order valence-corrected chi connectivity index (χ3v) is 2.90. The topological polar surface area (TPSA) is 81.1 Å². The van der Waals surface area contributed by atoms with E-state index in [-0.39, 0.29) is 0 Å². The fourth-order valence-corrected chi connectivity index (χ4v) is 1.94. The summed E-state index contributed by atoms with van der Waals surface area (Å²) in [5.74, 6) is 1.63. The summed E-state index contributed by atoms with van der Waals surface area (Å²) in [6.07, 6.45) is 1.83. The smallest absolute Gasteiger partial charge is 0.246 e. The molecule has 1 N–H and O–H groups in total. The molecule has 7 nitrogen and oxygen atoms in total. The van der Waals surface area contributed by atoms with Gasteiger partial charge in [-0.05, 0) is 35.0 Å². The van der Waals surface area contributed by atoms with Gasteiger partial charge in [0.1, 0.15) is 0 Å². The highest BCUT2D eigenvalue weighted by atomic mass is 79.9. The summed E-state index contributed by atoms with van der Waals surface area (Å²) < 4.78 is 7.56. The molecule has 18 heavy (non-hydrogen) atoms. The van der Waals surface area contributed by atoms with Crippen molar-refractivity contribution >= 4 is 27.5 Å². The summed E-state index contributed by atoms with van der Waals surface area (Å²) in [5.41, 5.74) is 0.752. The fraction of sp³-hybridized carbons (Fsp3) is 0.200. The average Bonchev–Trinajstić information content (AvgIpc) is 2.93. The highest BCUT2D eigenvalue weighted by molar-refractivity contribution is 9.10. The van der Waals surface area contributed by atoms with Crippen LogP contribution in [0.4, 0.5) is 5.95 Å². The van der Waals surface area contributed by atoms with Gasteiger partial charge in [0.05, 0.1) is 11.0 Å². The Balaban J connectivity index is 1.81. The van der Waals surface area contributed by atoms with Gasteiger partial charge in [0.2, 0.25) is 11.8 Å². The number of nitrogens with one attached hydrogen (secondary N) is 1. The minimum absolute atomic E-state index is 0.398. The Labute approximate surface area is 110 Å². The number of rotatable bonds is 3. The fourth-order valence-electron chi connectivity index (χ4n) is 1.52. The Morgan fingerprint density at radius 2 is 2.33 bits per heavy atom. The van der Waals surface area contributed by atoms with Crippen LogP contribution in [0.2, 0.25) is 0 Å². The van der Waals surface area contributed by atoms with Gasteiger partial charge in [-0.25, -0.2) is 4.52 Å². The third kappa shape index (κ3) is 2.06. The number of aryl methyl sites for hydroxylation is 1. The maximum Gasteiger partial charge on any atom is 0.246 e. The molecule has 0 saturated carbocycles. The minimum Gasteiger partial charge on any atom is -0.344 e. The van der Waals surface area contributed by atoms with Crippen LogP contribution in [-0.4, -0.2) is 24.7 Å². The quantitative estimate of drug-likeness (QED) is 0.794. The monoisotopic (exact) mass is 308 g/mol. The summed E-state index contributed by atoms with van der Waals surface area (Å²) in [6.45, 7) is 2.17. The van der Waals surface area contributed by atoms with Crippen LogP contribution < -0.4 is 5.32 Å². The number of pyridine rings is 1. The number of fused-ring (bicyclic) bond motifs is 1. The molecular weight excluding hydrogens is 300 g/mol. The normalized spacial score (nSPS) is 11.0. The lowest BCUT2D eigenvalue weighted by Crippen LogP contribution is -2.01. The predicted octanol–water partition coefficient (Wildman–Crippen LogP) is 1.80.